The van der Waals surface area contributed by atoms with Gasteiger partial charge in [0.05, 0.1) is 13.3 Å². The van der Waals surface area contributed by atoms with Crippen molar-refractivity contribution >= 4 is 33.5 Å². The summed E-state index contributed by atoms with van der Waals surface area (Å²) in [4.78, 5) is 12.4. The molecule has 1 heterocycles. The fourth-order valence-electron chi connectivity index (χ4n) is 2.16. The number of ether oxygens (including phenoxy) is 1. The van der Waals surface area contributed by atoms with E-state index in [-0.39, 0.29) is 16.4 Å². The van der Waals surface area contributed by atoms with Gasteiger partial charge < -0.3 is 14.9 Å². The maximum Gasteiger partial charge on any atom is 0.285 e. The van der Waals surface area contributed by atoms with Crippen LogP contribution in [0, 0.1) is 0 Å². The molecule has 0 aliphatic carbocycles. The van der Waals surface area contributed by atoms with E-state index in [1.807, 2.05) is 12.1 Å². The SMILES string of the molecule is COc1ccc(O)c(/C=N\NC(=O)c2sc3ccccc3c2O)c1. The summed E-state index contributed by atoms with van der Waals surface area (Å²) < 4.78 is 5.88. The summed E-state index contributed by atoms with van der Waals surface area (Å²) in [6, 6.07) is 11.9. The monoisotopic (exact) mass is 342 g/mol. The minimum Gasteiger partial charge on any atom is -0.507 e. The molecule has 1 amide bonds. The van der Waals surface area contributed by atoms with Crippen LogP contribution >= 0.6 is 11.3 Å². The van der Waals surface area contributed by atoms with Gasteiger partial charge in [-0.05, 0) is 30.3 Å². The Morgan fingerprint density at radius 1 is 1.25 bits per heavy atom. The van der Waals surface area contributed by atoms with Crippen LogP contribution in [-0.4, -0.2) is 29.4 Å². The van der Waals surface area contributed by atoms with Gasteiger partial charge in [0.1, 0.15) is 22.1 Å². The largest absolute Gasteiger partial charge is 0.507 e. The van der Waals surface area contributed by atoms with E-state index in [9.17, 15) is 15.0 Å². The first kappa shape index (κ1) is 15.8. The number of carbonyl (C=O) groups is 1. The first-order valence-electron chi connectivity index (χ1n) is 7.01. The van der Waals surface area contributed by atoms with Gasteiger partial charge in [0.15, 0.2) is 0 Å². The number of fused-ring (bicyclic) bond motifs is 1. The summed E-state index contributed by atoms with van der Waals surface area (Å²) in [5, 5.41) is 24.3. The number of aromatic hydroxyl groups is 2. The smallest absolute Gasteiger partial charge is 0.285 e. The average Bonchev–Trinajstić information content (AvgIpc) is 2.94. The Morgan fingerprint density at radius 2 is 2.04 bits per heavy atom. The van der Waals surface area contributed by atoms with Crippen LogP contribution < -0.4 is 10.2 Å². The maximum atomic E-state index is 12.2. The molecule has 2 aromatic carbocycles. The highest BCUT2D eigenvalue weighted by Gasteiger charge is 2.17. The molecular weight excluding hydrogens is 328 g/mol. The molecular formula is C17H14N2O4S. The normalized spacial score (nSPS) is 11.0. The molecule has 0 spiro atoms. The molecule has 0 aliphatic heterocycles. The second-order valence-electron chi connectivity index (χ2n) is 4.90. The van der Waals surface area contributed by atoms with Crippen molar-refractivity contribution in [3.8, 4) is 17.2 Å². The molecule has 0 saturated heterocycles. The molecule has 0 atom stereocenters. The lowest BCUT2D eigenvalue weighted by Crippen LogP contribution is -2.16. The van der Waals surface area contributed by atoms with Gasteiger partial charge in [0.25, 0.3) is 5.91 Å². The van der Waals surface area contributed by atoms with Crippen LogP contribution in [0.4, 0.5) is 0 Å². The van der Waals surface area contributed by atoms with E-state index in [0.29, 0.717) is 16.7 Å². The number of nitrogens with one attached hydrogen (secondary N) is 1. The Kier molecular flexibility index (Phi) is 4.35. The van der Waals surface area contributed by atoms with E-state index in [0.717, 1.165) is 4.70 Å². The highest BCUT2D eigenvalue weighted by Crippen LogP contribution is 2.36. The van der Waals surface area contributed by atoms with Crippen molar-refractivity contribution in [3.63, 3.8) is 0 Å². The number of hydrogen-bond donors (Lipinski definition) is 3. The number of rotatable bonds is 4. The third kappa shape index (κ3) is 3.02. The quantitative estimate of drug-likeness (QED) is 0.502. The van der Waals surface area contributed by atoms with Gasteiger partial charge in [0, 0.05) is 15.6 Å². The van der Waals surface area contributed by atoms with E-state index in [1.165, 1.54) is 30.7 Å². The van der Waals surface area contributed by atoms with Crippen molar-refractivity contribution in [1.29, 1.82) is 0 Å². The molecule has 3 N–H and O–H groups in total. The van der Waals surface area contributed by atoms with Crippen LogP contribution in [0.5, 0.6) is 17.2 Å². The summed E-state index contributed by atoms with van der Waals surface area (Å²) in [6.45, 7) is 0. The zero-order chi connectivity index (χ0) is 17.1. The van der Waals surface area contributed by atoms with Crippen LogP contribution in [-0.2, 0) is 0 Å². The molecule has 7 heteroatoms. The molecule has 0 unspecified atom stereocenters. The molecule has 0 radical (unpaired) electrons. The van der Waals surface area contributed by atoms with Gasteiger partial charge in [-0.1, -0.05) is 12.1 Å². The highest BCUT2D eigenvalue weighted by molar-refractivity contribution is 7.21. The summed E-state index contributed by atoms with van der Waals surface area (Å²) in [5.41, 5.74) is 2.74. The molecule has 122 valence electrons. The van der Waals surface area contributed by atoms with Crippen molar-refractivity contribution < 1.29 is 19.7 Å². The Bertz CT molecular complexity index is 933. The van der Waals surface area contributed by atoms with Crippen molar-refractivity contribution in [2.45, 2.75) is 0 Å². The summed E-state index contributed by atoms with van der Waals surface area (Å²) >= 11 is 1.18. The van der Waals surface area contributed by atoms with Crippen molar-refractivity contribution in [2.75, 3.05) is 7.11 Å². The predicted octanol–water partition coefficient (Wildman–Crippen LogP) is 3.09. The molecule has 6 nitrogen and oxygen atoms in total. The minimum absolute atomic E-state index is 0.0125. The molecule has 0 fully saturated rings. The molecule has 1 aromatic heterocycles. The van der Waals surface area contributed by atoms with E-state index in [1.54, 1.807) is 24.3 Å². The van der Waals surface area contributed by atoms with Crippen molar-refractivity contribution in [2.24, 2.45) is 5.10 Å². The predicted molar refractivity (Wildman–Crippen MR) is 93.2 cm³/mol. The topological polar surface area (TPSA) is 91.2 Å². The molecule has 24 heavy (non-hydrogen) atoms. The van der Waals surface area contributed by atoms with Gasteiger partial charge in [0.2, 0.25) is 0 Å². The van der Waals surface area contributed by atoms with Gasteiger partial charge >= 0.3 is 0 Å². The lowest BCUT2D eigenvalue weighted by molar-refractivity contribution is 0.0957. The third-order valence-corrected chi connectivity index (χ3v) is 4.54. The number of methoxy groups -OCH3 is 1. The molecule has 3 aromatic rings. The third-order valence-electron chi connectivity index (χ3n) is 3.38. The number of carbonyl (C=O) groups excluding carboxylic acids is 1. The Hall–Kier alpha value is -3.06. The zero-order valence-corrected chi connectivity index (χ0v) is 13.5. The number of hydrogen-bond acceptors (Lipinski definition) is 6. The van der Waals surface area contributed by atoms with Crippen LogP contribution in [0.2, 0.25) is 0 Å². The van der Waals surface area contributed by atoms with Gasteiger partial charge in [-0.2, -0.15) is 5.10 Å². The Morgan fingerprint density at radius 3 is 2.79 bits per heavy atom. The molecule has 0 saturated carbocycles. The van der Waals surface area contributed by atoms with Crippen LogP contribution in [0.1, 0.15) is 15.2 Å². The Balaban J connectivity index is 1.78. The lowest BCUT2D eigenvalue weighted by atomic mass is 10.2. The molecule has 3 rings (SSSR count). The van der Waals surface area contributed by atoms with E-state index >= 15 is 0 Å². The Labute approximate surface area is 141 Å². The number of phenols is 1. The summed E-state index contributed by atoms with van der Waals surface area (Å²) in [7, 11) is 1.51. The van der Waals surface area contributed by atoms with Crippen LogP contribution in [0.15, 0.2) is 47.6 Å². The van der Waals surface area contributed by atoms with Gasteiger partial charge in [-0.25, -0.2) is 5.43 Å². The average molecular weight is 342 g/mol. The van der Waals surface area contributed by atoms with E-state index in [2.05, 4.69) is 10.5 Å². The summed E-state index contributed by atoms with van der Waals surface area (Å²) in [5.74, 6) is -0.0129. The number of benzene rings is 2. The second kappa shape index (κ2) is 6.59. The second-order valence-corrected chi connectivity index (χ2v) is 5.95. The highest BCUT2D eigenvalue weighted by atomic mass is 32.1. The minimum atomic E-state index is -0.521. The number of thiophene rings is 1. The summed E-state index contributed by atoms with van der Waals surface area (Å²) in [6.07, 6.45) is 1.31. The zero-order valence-electron chi connectivity index (χ0n) is 12.7. The number of amides is 1. The van der Waals surface area contributed by atoms with Crippen LogP contribution in [0.25, 0.3) is 10.1 Å². The van der Waals surface area contributed by atoms with Crippen LogP contribution in [0.3, 0.4) is 0 Å². The molecule has 0 bridgehead atoms. The van der Waals surface area contributed by atoms with Crippen molar-refractivity contribution in [3.05, 3.63) is 52.9 Å². The van der Waals surface area contributed by atoms with Gasteiger partial charge in [-0.15, -0.1) is 11.3 Å². The van der Waals surface area contributed by atoms with Crippen molar-refractivity contribution in [1.82, 2.24) is 5.43 Å². The van der Waals surface area contributed by atoms with Gasteiger partial charge in [-0.3, -0.25) is 4.79 Å². The number of phenolic OH excluding ortho intramolecular Hbond substituents is 1. The van der Waals surface area contributed by atoms with E-state index in [4.69, 9.17) is 4.74 Å². The van der Waals surface area contributed by atoms with E-state index < -0.39 is 5.91 Å². The fourth-order valence-corrected chi connectivity index (χ4v) is 3.15. The number of hydrazone groups is 1. The standard InChI is InChI=1S/C17H14N2O4S/c1-23-11-6-7-13(20)10(8-11)9-18-19-17(22)16-15(21)12-4-2-3-5-14(12)24-16/h2-9,20-21H,1H3,(H,19,22)/b18-9-. The first-order valence-corrected chi connectivity index (χ1v) is 7.82. The maximum absolute atomic E-state index is 12.2. The fraction of sp³-hybridized carbons (Fsp3) is 0.0588. The number of nitrogens with zero attached hydrogens (tertiary/aromatic N) is 1. The lowest BCUT2D eigenvalue weighted by Gasteiger charge is -2.03. The first-order chi connectivity index (χ1) is 11.6. The molecule has 0 aliphatic rings.